The maximum Gasteiger partial charge on any atom is 0.181 e. The van der Waals surface area contributed by atoms with Crippen molar-refractivity contribution < 1.29 is 18.9 Å². The Morgan fingerprint density at radius 1 is 1.29 bits per heavy atom. The summed E-state index contributed by atoms with van der Waals surface area (Å²) in [6.07, 6.45) is 1.05. The molecule has 0 amide bonds. The van der Waals surface area contributed by atoms with Gasteiger partial charge in [-0.15, -0.1) is 0 Å². The Morgan fingerprint density at radius 2 is 1.86 bits per heavy atom. The van der Waals surface area contributed by atoms with E-state index in [1.165, 1.54) is 0 Å². The molecule has 3 unspecified atom stereocenters. The normalized spacial score (nSPS) is 32.8. The van der Waals surface area contributed by atoms with Crippen molar-refractivity contribution in [1.29, 1.82) is 0 Å². The zero-order valence-corrected chi connectivity index (χ0v) is 8.99. The largest absolute Gasteiger partial charge is 0.347 e. The minimum absolute atomic E-state index is 0.00868. The fourth-order valence-corrected chi connectivity index (χ4v) is 1.63. The molecular formula is C10H18O4. The van der Waals surface area contributed by atoms with Crippen LogP contribution < -0.4 is 0 Å². The predicted molar refractivity (Wildman–Crippen MR) is 49.8 cm³/mol. The fraction of sp³-hybridized carbons (Fsp3) is 1.00. The summed E-state index contributed by atoms with van der Waals surface area (Å²) >= 11 is 0. The van der Waals surface area contributed by atoms with E-state index in [2.05, 4.69) is 13.8 Å². The van der Waals surface area contributed by atoms with Crippen LogP contribution in [0.25, 0.3) is 0 Å². The van der Waals surface area contributed by atoms with Gasteiger partial charge < -0.3 is 18.9 Å². The second-order valence-corrected chi connectivity index (χ2v) is 4.55. The van der Waals surface area contributed by atoms with Gasteiger partial charge in [0.25, 0.3) is 0 Å². The first-order valence-electron chi connectivity index (χ1n) is 5.12. The Kier molecular flexibility index (Phi) is 2.79. The Hall–Kier alpha value is -0.160. The zero-order chi connectivity index (χ0) is 10.2. The molecule has 2 rings (SSSR count). The minimum atomic E-state index is -0.185. The van der Waals surface area contributed by atoms with Gasteiger partial charge in [0.2, 0.25) is 0 Å². The van der Waals surface area contributed by atoms with Gasteiger partial charge in [-0.2, -0.15) is 0 Å². The van der Waals surface area contributed by atoms with Crippen LogP contribution in [0.1, 0.15) is 27.2 Å². The van der Waals surface area contributed by atoms with Gasteiger partial charge in [-0.25, -0.2) is 0 Å². The van der Waals surface area contributed by atoms with Crippen LogP contribution in [0.2, 0.25) is 0 Å². The van der Waals surface area contributed by atoms with E-state index in [9.17, 15) is 0 Å². The molecular weight excluding hydrogens is 184 g/mol. The van der Waals surface area contributed by atoms with Crippen LogP contribution in [0.4, 0.5) is 0 Å². The number of hydrogen-bond donors (Lipinski definition) is 0. The summed E-state index contributed by atoms with van der Waals surface area (Å²) in [5, 5.41) is 0. The molecule has 2 heterocycles. The molecule has 0 bridgehead atoms. The van der Waals surface area contributed by atoms with Crippen LogP contribution in [-0.2, 0) is 18.9 Å². The summed E-state index contributed by atoms with van der Waals surface area (Å²) in [7, 11) is 0. The molecule has 14 heavy (non-hydrogen) atoms. The SMILES string of the molecule is CC(CC(C)(C)OC1CO1)OC1CO1. The third-order valence-electron chi connectivity index (χ3n) is 2.22. The van der Waals surface area contributed by atoms with Crippen molar-refractivity contribution in [2.75, 3.05) is 13.2 Å². The molecule has 82 valence electrons. The Labute approximate surface area is 84.5 Å². The van der Waals surface area contributed by atoms with E-state index in [1.54, 1.807) is 0 Å². The monoisotopic (exact) mass is 202 g/mol. The van der Waals surface area contributed by atoms with Crippen molar-refractivity contribution in [3.05, 3.63) is 0 Å². The van der Waals surface area contributed by atoms with Crippen molar-refractivity contribution >= 4 is 0 Å². The van der Waals surface area contributed by atoms with Crippen molar-refractivity contribution in [3.63, 3.8) is 0 Å². The van der Waals surface area contributed by atoms with Gasteiger partial charge in [0, 0.05) is 6.42 Å². The van der Waals surface area contributed by atoms with Crippen molar-refractivity contribution in [1.82, 2.24) is 0 Å². The Morgan fingerprint density at radius 3 is 2.36 bits per heavy atom. The lowest BCUT2D eigenvalue weighted by molar-refractivity contribution is -0.105. The van der Waals surface area contributed by atoms with Gasteiger partial charge in [0.1, 0.15) is 13.2 Å². The smallest absolute Gasteiger partial charge is 0.181 e. The standard InChI is InChI=1S/C10H18O4/c1-7(13-8-5-11-8)4-10(2,3)14-9-6-12-9/h7-9H,4-6H2,1-3H3. The van der Waals surface area contributed by atoms with Gasteiger partial charge >= 0.3 is 0 Å². The number of hydrogen-bond acceptors (Lipinski definition) is 4. The second-order valence-electron chi connectivity index (χ2n) is 4.55. The van der Waals surface area contributed by atoms with E-state index in [4.69, 9.17) is 18.9 Å². The Bertz CT molecular complexity index is 196. The molecule has 2 aliphatic heterocycles. The molecule has 2 fully saturated rings. The van der Waals surface area contributed by atoms with Crippen LogP contribution >= 0.6 is 0 Å². The van der Waals surface area contributed by atoms with Gasteiger partial charge in [-0.3, -0.25) is 0 Å². The van der Waals surface area contributed by atoms with Crippen molar-refractivity contribution in [3.8, 4) is 0 Å². The highest BCUT2D eigenvalue weighted by atomic mass is 16.8. The summed E-state index contributed by atoms with van der Waals surface area (Å²) < 4.78 is 21.3. The quantitative estimate of drug-likeness (QED) is 0.609. The summed E-state index contributed by atoms with van der Waals surface area (Å²) in [6, 6.07) is 0. The predicted octanol–water partition coefficient (Wildman–Crippen LogP) is 1.29. The lowest BCUT2D eigenvalue weighted by Gasteiger charge is -2.27. The molecule has 0 N–H and O–H groups in total. The van der Waals surface area contributed by atoms with E-state index in [0.29, 0.717) is 0 Å². The average molecular weight is 202 g/mol. The van der Waals surface area contributed by atoms with Crippen LogP contribution in [0.3, 0.4) is 0 Å². The highest BCUT2D eigenvalue weighted by molar-refractivity contribution is 4.76. The highest BCUT2D eigenvalue weighted by Gasteiger charge is 2.34. The molecule has 0 aromatic heterocycles. The van der Waals surface area contributed by atoms with E-state index < -0.39 is 0 Å². The lowest BCUT2D eigenvalue weighted by Crippen LogP contribution is -2.31. The van der Waals surface area contributed by atoms with Crippen LogP contribution in [0.15, 0.2) is 0 Å². The summed E-state index contributed by atoms with van der Waals surface area (Å²) in [5.41, 5.74) is -0.185. The molecule has 2 aliphatic rings. The first-order chi connectivity index (χ1) is 6.55. The molecule has 4 nitrogen and oxygen atoms in total. The van der Waals surface area contributed by atoms with E-state index in [1.807, 2.05) is 6.92 Å². The van der Waals surface area contributed by atoms with Gasteiger partial charge in [-0.1, -0.05) is 0 Å². The molecule has 0 aliphatic carbocycles. The number of rotatable bonds is 6. The molecule has 0 spiro atoms. The minimum Gasteiger partial charge on any atom is -0.347 e. The van der Waals surface area contributed by atoms with Gasteiger partial charge in [-0.05, 0) is 20.8 Å². The summed E-state index contributed by atoms with van der Waals surface area (Å²) in [5.74, 6) is 0. The third-order valence-corrected chi connectivity index (χ3v) is 2.22. The van der Waals surface area contributed by atoms with E-state index in [0.717, 1.165) is 19.6 Å². The molecule has 0 aromatic carbocycles. The molecule has 0 radical (unpaired) electrons. The van der Waals surface area contributed by atoms with Crippen LogP contribution in [0.5, 0.6) is 0 Å². The maximum atomic E-state index is 5.68. The number of ether oxygens (including phenoxy) is 4. The maximum absolute atomic E-state index is 5.68. The number of epoxide rings is 2. The highest BCUT2D eigenvalue weighted by Crippen LogP contribution is 2.26. The zero-order valence-electron chi connectivity index (χ0n) is 8.99. The average Bonchev–Trinajstić information content (AvgIpc) is 2.81. The van der Waals surface area contributed by atoms with Crippen LogP contribution in [0, 0.1) is 0 Å². The van der Waals surface area contributed by atoms with Gasteiger partial charge in [0.05, 0.1) is 11.7 Å². The lowest BCUT2D eigenvalue weighted by atomic mass is 10.0. The summed E-state index contributed by atoms with van der Waals surface area (Å²) in [6.45, 7) is 7.62. The third kappa shape index (κ3) is 3.53. The molecule has 4 heteroatoms. The van der Waals surface area contributed by atoms with Crippen molar-refractivity contribution in [2.24, 2.45) is 0 Å². The molecule has 0 saturated carbocycles. The van der Waals surface area contributed by atoms with Crippen molar-refractivity contribution in [2.45, 2.75) is 51.5 Å². The topological polar surface area (TPSA) is 43.5 Å². The van der Waals surface area contributed by atoms with E-state index in [-0.39, 0.29) is 24.3 Å². The molecule has 3 atom stereocenters. The Balaban J connectivity index is 1.69. The summed E-state index contributed by atoms with van der Waals surface area (Å²) in [4.78, 5) is 0. The first-order valence-corrected chi connectivity index (χ1v) is 5.12. The second kappa shape index (κ2) is 3.77. The van der Waals surface area contributed by atoms with Crippen LogP contribution in [-0.4, -0.2) is 37.5 Å². The van der Waals surface area contributed by atoms with E-state index >= 15 is 0 Å². The fourth-order valence-electron chi connectivity index (χ4n) is 1.63. The first kappa shape index (κ1) is 10.4. The molecule has 2 saturated heterocycles. The van der Waals surface area contributed by atoms with Gasteiger partial charge in [0.15, 0.2) is 12.6 Å². The molecule has 0 aromatic rings.